The molecule has 0 fully saturated rings. The molecule has 0 saturated heterocycles. The molecule has 0 aliphatic rings. The van der Waals surface area contributed by atoms with Gasteiger partial charge >= 0.3 is 0 Å². The molecular formula is C19H23NO2. The van der Waals surface area contributed by atoms with Gasteiger partial charge in [-0.2, -0.15) is 0 Å². The summed E-state index contributed by atoms with van der Waals surface area (Å²) in [5, 5.41) is 11.6. The first-order valence-electron chi connectivity index (χ1n) is 7.72. The second-order valence-corrected chi connectivity index (χ2v) is 5.50. The highest BCUT2D eigenvalue weighted by Crippen LogP contribution is 2.18. The standard InChI is InChI=1S/C19H23NO2/c1-15(19(22)20-11-6-12-21)18-10-5-9-17(14-18)13-16-7-3-2-4-8-16/h2-5,7-10,14-15,21H,6,11-13H2,1H3,(H,20,22). The number of hydrogen-bond donors (Lipinski definition) is 2. The van der Waals surface area contributed by atoms with Crippen molar-refractivity contribution in [3.8, 4) is 0 Å². The third-order valence-corrected chi connectivity index (χ3v) is 3.73. The first-order valence-corrected chi connectivity index (χ1v) is 7.72. The molecule has 116 valence electrons. The van der Waals surface area contributed by atoms with E-state index in [4.69, 9.17) is 5.11 Å². The first-order chi connectivity index (χ1) is 10.7. The lowest BCUT2D eigenvalue weighted by molar-refractivity contribution is -0.122. The lowest BCUT2D eigenvalue weighted by atomic mass is 9.96. The van der Waals surface area contributed by atoms with Crippen molar-refractivity contribution in [2.45, 2.75) is 25.7 Å². The molecule has 22 heavy (non-hydrogen) atoms. The Morgan fingerprint density at radius 1 is 1.09 bits per heavy atom. The van der Waals surface area contributed by atoms with E-state index < -0.39 is 0 Å². The van der Waals surface area contributed by atoms with Crippen LogP contribution in [0.5, 0.6) is 0 Å². The second-order valence-electron chi connectivity index (χ2n) is 5.50. The predicted octanol–water partition coefficient (Wildman–Crippen LogP) is 2.88. The van der Waals surface area contributed by atoms with Gasteiger partial charge in [0.2, 0.25) is 5.91 Å². The molecule has 0 spiro atoms. The van der Waals surface area contributed by atoms with Crippen molar-refractivity contribution in [1.29, 1.82) is 0 Å². The van der Waals surface area contributed by atoms with E-state index in [1.807, 2.05) is 37.3 Å². The van der Waals surface area contributed by atoms with Gasteiger partial charge in [-0.3, -0.25) is 4.79 Å². The van der Waals surface area contributed by atoms with Gasteiger partial charge in [-0.25, -0.2) is 0 Å². The maximum absolute atomic E-state index is 12.1. The molecule has 0 aromatic heterocycles. The molecule has 0 aliphatic heterocycles. The van der Waals surface area contributed by atoms with Gasteiger partial charge in [0.15, 0.2) is 0 Å². The summed E-state index contributed by atoms with van der Waals surface area (Å²) in [6.07, 6.45) is 1.46. The minimum atomic E-state index is -0.186. The average Bonchev–Trinajstić information content (AvgIpc) is 2.55. The maximum Gasteiger partial charge on any atom is 0.227 e. The molecule has 1 atom stereocenters. The van der Waals surface area contributed by atoms with E-state index in [9.17, 15) is 4.79 Å². The largest absolute Gasteiger partial charge is 0.396 e. The first kappa shape index (κ1) is 16.2. The minimum Gasteiger partial charge on any atom is -0.396 e. The van der Waals surface area contributed by atoms with Crippen LogP contribution in [0.1, 0.15) is 36.0 Å². The van der Waals surface area contributed by atoms with Crippen LogP contribution in [0.25, 0.3) is 0 Å². The van der Waals surface area contributed by atoms with Crippen molar-refractivity contribution in [2.24, 2.45) is 0 Å². The molecule has 1 amide bonds. The number of rotatable bonds is 7. The zero-order valence-corrected chi connectivity index (χ0v) is 13.0. The van der Waals surface area contributed by atoms with Crippen LogP contribution in [0.3, 0.4) is 0 Å². The highest BCUT2D eigenvalue weighted by atomic mass is 16.3. The molecule has 0 heterocycles. The van der Waals surface area contributed by atoms with E-state index >= 15 is 0 Å². The second kappa shape index (κ2) is 8.35. The smallest absolute Gasteiger partial charge is 0.227 e. The normalized spacial score (nSPS) is 11.9. The van der Waals surface area contributed by atoms with Gasteiger partial charge in [-0.1, -0.05) is 54.6 Å². The molecule has 3 heteroatoms. The Kier molecular flexibility index (Phi) is 6.16. The van der Waals surface area contributed by atoms with Crippen LogP contribution in [-0.2, 0) is 11.2 Å². The van der Waals surface area contributed by atoms with Crippen LogP contribution in [0.4, 0.5) is 0 Å². The molecule has 0 bridgehead atoms. The van der Waals surface area contributed by atoms with Gasteiger partial charge in [0, 0.05) is 13.2 Å². The van der Waals surface area contributed by atoms with E-state index in [1.54, 1.807) is 0 Å². The number of carbonyl (C=O) groups excluding carboxylic acids is 1. The third kappa shape index (κ3) is 4.71. The molecule has 0 aliphatic carbocycles. The Labute approximate surface area is 132 Å². The molecule has 2 rings (SSSR count). The van der Waals surface area contributed by atoms with Gasteiger partial charge in [-0.05, 0) is 36.5 Å². The highest BCUT2D eigenvalue weighted by Gasteiger charge is 2.14. The molecule has 2 aromatic rings. The molecule has 0 saturated carbocycles. The van der Waals surface area contributed by atoms with Gasteiger partial charge < -0.3 is 10.4 Å². The average molecular weight is 297 g/mol. The van der Waals surface area contributed by atoms with Gasteiger partial charge in [0.25, 0.3) is 0 Å². The summed E-state index contributed by atoms with van der Waals surface area (Å²) in [5.74, 6) is -0.181. The number of aliphatic hydroxyl groups is 1. The minimum absolute atomic E-state index is 0.00492. The quantitative estimate of drug-likeness (QED) is 0.772. The Hall–Kier alpha value is -2.13. The summed E-state index contributed by atoms with van der Waals surface area (Å²) >= 11 is 0. The number of amides is 1. The van der Waals surface area contributed by atoms with Crippen molar-refractivity contribution in [3.63, 3.8) is 0 Å². The summed E-state index contributed by atoms with van der Waals surface area (Å²) in [6.45, 7) is 2.53. The van der Waals surface area contributed by atoms with Crippen LogP contribution in [0, 0.1) is 0 Å². The number of benzene rings is 2. The van der Waals surface area contributed by atoms with Crippen molar-refractivity contribution in [1.82, 2.24) is 5.32 Å². The molecule has 0 radical (unpaired) electrons. The highest BCUT2D eigenvalue weighted by molar-refractivity contribution is 5.83. The SMILES string of the molecule is CC(C(=O)NCCCO)c1cccc(Cc2ccccc2)c1. The summed E-state index contributed by atoms with van der Waals surface area (Å²) in [4.78, 5) is 12.1. The molecule has 2 N–H and O–H groups in total. The van der Waals surface area contributed by atoms with E-state index in [2.05, 4.69) is 29.6 Å². The zero-order valence-electron chi connectivity index (χ0n) is 13.0. The van der Waals surface area contributed by atoms with Gasteiger partial charge in [-0.15, -0.1) is 0 Å². The Bertz CT molecular complexity index is 595. The maximum atomic E-state index is 12.1. The lowest BCUT2D eigenvalue weighted by Crippen LogP contribution is -2.29. The summed E-state index contributed by atoms with van der Waals surface area (Å²) < 4.78 is 0. The summed E-state index contributed by atoms with van der Waals surface area (Å²) in [5.41, 5.74) is 3.49. The molecule has 2 aromatic carbocycles. The van der Waals surface area contributed by atoms with E-state index in [0.29, 0.717) is 13.0 Å². The Morgan fingerprint density at radius 2 is 1.82 bits per heavy atom. The van der Waals surface area contributed by atoms with Crippen molar-refractivity contribution in [2.75, 3.05) is 13.2 Å². The van der Waals surface area contributed by atoms with Gasteiger partial charge in [0.1, 0.15) is 0 Å². The molecular weight excluding hydrogens is 274 g/mol. The Morgan fingerprint density at radius 3 is 2.55 bits per heavy atom. The van der Waals surface area contributed by atoms with Gasteiger partial charge in [0.05, 0.1) is 5.92 Å². The number of aliphatic hydroxyl groups excluding tert-OH is 1. The number of hydrogen-bond acceptors (Lipinski definition) is 2. The van der Waals surface area contributed by atoms with E-state index in [-0.39, 0.29) is 18.4 Å². The fraction of sp³-hybridized carbons (Fsp3) is 0.316. The fourth-order valence-corrected chi connectivity index (χ4v) is 2.40. The van der Waals surface area contributed by atoms with Crippen LogP contribution < -0.4 is 5.32 Å². The fourth-order valence-electron chi connectivity index (χ4n) is 2.40. The number of carbonyl (C=O) groups is 1. The monoisotopic (exact) mass is 297 g/mol. The topological polar surface area (TPSA) is 49.3 Å². The zero-order chi connectivity index (χ0) is 15.8. The van der Waals surface area contributed by atoms with E-state index in [1.165, 1.54) is 11.1 Å². The summed E-state index contributed by atoms with van der Waals surface area (Å²) in [7, 11) is 0. The van der Waals surface area contributed by atoms with Crippen molar-refractivity contribution < 1.29 is 9.90 Å². The van der Waals surface area contributed by atoms with Crippen LogP contribution in [-0.4, -0.2) is 24.2 Å². The van der Waals surface area contributed by atoms with Crippen molar-refractivity contribution in [3.05, 3.63) is 71.3 Å². The molecule has 3 nitrogen and oxygen atoms in total. The van der Waals surface area contributed by atoms with E-state index in [0.717, 1.165) is 12.0 Å². The predicted molar refractivity (Wildman–Crippen MR) is 88.8 cm³/mol. The van der Waals surface area contributed by atoms with Crippen LogP contribution >= 0.6 is 0 Å². The lowest BCUT2D eigenvalue weighted by Gasteiger charge is -2.13. The van der Waals surface area contributed by atoms with Crippen molar-refractivity contribution >= 4 is 5.91 Å². The number of nitrogens with one attached hydrogen (secondary N) is 1. The van der Waals surface area contributed by atoms with Crippen LogP contribution in [0.15, 0.2) is 54.6 Å². The third-order valence-electron chi connectivity index (χ3n) is 3.73. The Balaban J connectivity index is 2.02. The van der Waals surface area contributed by atoms with Crippen LogP contribution in [0.2, 0.25) is 0 Å². The molecule has 1 unspecified atom stereocenters. The summed E-state index contributed by atoms with van der Waals surface area (Å²) in [6, 6.07) is 18.5.